The summed E-state index contributed by atoms with van der Waals surface area (Å²) in [5, 5.41) is 2.48. The van der Waals surface area contributed by atoms with Crippen LogP contribution in [0.25, 0.3) is 0 Å². The lowest BCUT2D eigenvalue weighted by molar-refractivity contribution is 0.578. The van der Waals surface area contributed by atoms with E-state index in [4.69, 9.17) is 5.84 Å². The molecule has 0 bridgehead atoms. The van der Waals surface area contributed by atoms with Gasteiger partial charge in [-0.25, -0.2) is 19.6 Å². The number of hydrogen-bond acceptors (Lipinski definition) is 5. The highest BCUT2D eigenvalue weighted by Gasteiger charge is 2.12. The number of rotatable bonds is 5. The summed E-state index contributed by atoms with van der Waals surface area (Å²) in [4.78, 5) is 3.63. The Morgan fingerprint density at radius 3 is 2.59 bits per heavy atom. The molecule has 0 spiro atoms. The molecule has 5 nitrogen and oxygen atoms in total. The van der Waals surface area contributed by atoms with E-state index in [2.05, 4.69) is 10.3 Å². The molecule has 2 unspecified atom stereocenters. The van der Waals surface area contributed by atoms with Gasteiger partial charge in [0.05, 0.1) is 0 Å². The second kappa shape index (κ2) is 5.87. The van der Waals surface area contributed by atoms with E-state index < -0.39 is 22.4 Å². The first-order chi connectivity index (χ1) is 7.95. The minimum absolute atomic E-state index is 0.128. The summed E-state index contributed by atoms with van der Waals surface area (Å²) in [6.45, 7) is 2.01. The molecule has 1 heterocycles. The van der Waals surface area contributed by atoms with Crippen LogP contribution in [0.1, 0.15) is 6.92 Å². The van der Waals surface area contributed by atoms with Crippen molar-refractivity contribution in [3.05, 3.63) is 17.7 Å². The fourth-order valence-corrected chi connectivity index (χ4v) is 1.37. The summed E-state index contributed by atoms with van der Waals surface area (Å²) < 4.78 is 37.4. The van der Waals surface area contributed by atoms with Crippen LogP contribution in [0.4, 0.5) is 20.4 Å². The van der Waals surface area contributed by atoms with E-state index in [1.54, 1.807) is 13.2 Å². The molecule has 0 fully saturated rings. The number of nitrogens with two attached hydrogens (primary N) is 1. The van der Waals surface area contributed by atoms with E-state index in [0.29, 0.717) is 6.07 Å². The first kappa shape index (κ1) is 13.8. The van der Waals surface area contributed by atoms with Gasteiger partial charge < -0.3 is 10.7 Å². The van der Waals surface area contributed by atoms with Crippen molar-refractivity contribution >= 4 is 22.4 Å². The molecular weight excluding hydrogens is 250 g/mol. The highest BCUT2D eigenvalue weighted by Crippen LogP contribution is 2.18. The maximum Gasteiger partial charge on any atom is 0.178 e. The SMILES string of the molecule is CC(CNc1nc(NN)c(F)cc1F)S(C)=O. The Morgan fingerprint density at radius 2 is 2.06 bits per heavy atom. The highest BCUT2D eigenvalue weighted by molar-refractivity contribution is 7.84. The molecule has 0 aliphatic heterocycles. The quantitative estimate of drug-likeness (QED) is 0.542. The first-order valence-corrected chi connectivity index (χ1v) is 6.46. The number of pyridine rings is 1. The van der Waals surface area contributed by atoms with Gasteiger partial charge in [-0.2, -0.15) is 0 Å². The van der Waals surface area contributed by atoms with Gasteiger partial charge >= 0.3 is 0 Å². The summed E-state index contributed by atoms with van der Waals surface area (Å²) >= 11 is 0. The number of nitrogens with one attached hydrogen (secondary N) is 2. The van der Waals surface area contributed by atoms with Crippen molar-refractivity contribution in [3.63, 3.8) is 0 Å². The van der Waals surface area contributed by atoms with Crippen molar-refractivity contribution in [2.75, 3.05) is 23.5 Å². The van der Waals surface area contributed by atoms with Crippen LogP contribution in [0.15, 0.2) is 6.07 Å². The van der Waals surface area contributed by atoms with Crippen molar-refractivity contribution in [1.82, 2.24) is 4.98 Å². The molecule has 17 heavy (non-hydrogen) atoms. The molecule has 4 N–H and O–H groups in total. The van der Waals surface area contributed by atoms with Gasteiger partial charge in [-0.15, -0.1) is 0 Å². The number of hydrazine groups is 1. The van der Waals surface area contributed by atoms with E-state index in [0.717, 1.165) is 0 Å². The Kier molecular flexibility index (Phi) is 4.76. The van der Waals surface area contributed by atoms with Crippen molar-refractivity contribution in [1.29, 1.82) is 0 Å². The van der Waals surface area contributed by atoms with Gasteiger partial charge in [0.15, 0.2) is 23.3 Å². The lowest BCUT2D eigenvalue weighted by atomic mass is 10.4. The zero-order valence-corrected chi connectivity index (χ0v) is 10.3. The second-order valence-corrected chi connectivity index (χ2v) is 5.29. The summed E-state index contributed by atoms with van der Waals surface area (Å²) in [6, 6.07) is 0.679. The minimum atomic E-state index is -1.03. The molecule has 0 radical (unpaired) electrons. The van der Waals surface area contributed by atoms with Gasteiger partial charge in [-0.3, -0.25) is 4.21 Å². The van der Waals surface area contributed by atoms with E-state index >= 15 is 0 Å². The van der Waals surface area contributed by atoms with Crippen LogP contribution >= 0.6 is 0 Å². The third kappa shape index (κ3) is 3.60. The normalized spacial score (nSPS) is 14.2. The molecule has 1 aromatic heterocycles. The zero-order chi connectivity index (χ0) is 13.0. The molecule has 2 atom stereocenters. The van der Waals surface area contributed by atoms with Crippen LogP contribution in [0.2, 0.25) is 0 Å². The van der Waals surface area contributed by atoms with Crippen molar-refractivity contribution in [2.45, 2.75) is 12.2 Å². The van der Waals surface area contributed by atoms with Crippen molar-refractivity contribution in [3.8, 4) is 0 Å². The maximum absolute atomic E-state index is 13.3. The zero-order valence-electron chi connectivity index (χ0n) is 9.46. The molecule has 0 aliphatic rings. The molecule has 0 amide bonds. The fraction of sp³-hybridized carbons (Fsp3) is 0.444. The van der Waals surface area contributed by atoms with Crippen LogP contribution in [0.5, 0.6) is 0 Å². The number of hydrogen-bond donors (Lipinski definition) is 3. The van der Waals surface area contributed by atoms with Gasteiger partial charge in [0, 0.05) is 34.9 Å². The Hall–Kier alpha value is -1.28. The van der Waals surface area contributed by atoms with Gasteiger partial charge in [-0.05, 0) is 6.92 Å². The average Bonchev–Trinajstić information content (AvgIpc) is 2.27. The third-order valence-electron chi connectivity index (χ3n) is 2.19. The number of aromatic nitrogens is 1. The van der Waals surface area contributed by atoms with Crippen molar-refractivity contribution in [2.24, 2.45) is 5.84 Å². The molecule has 0 saturated heterocycles. The lowest BCUT2D eigenvalue weighted by Gasteiger charge is -2.12. The van der Waals surface area contributed by atoms with E-state index in [-0.39, 0.29) is 23.4 Å². The highest BCUT2D eigenvalue weighted by atomic mass is 32.2. The summed E-state index contributed by atoms with van der Waals surface area (Å²) in [6.07, 6.45) is 1.55. The summed E-state index contributed by atoms with van der Waals surface area (Å²) in [5.41, 5.74) is 2.02. The predicted octanol–water partition coefficient (Wildman–Crippen LogP) is 0.824. The summed E-state index contributed by atoms with van der Waals surface area (Å²) in [7, 11) is -1.03. The van der Waals surface area contributed by atoms with E-state index in [9.17, 15) is 13.0 Å². The maximum atomic E-state index is 13.3. The second-order valence-electron chi connectivity index (χ2n) is 3.48. The number of nitrogens with zero attached hydrogens (tertiary/aromatic N) is 1. The third-order valence-corrected chi connectivity index (χ3v) is 3.49. The Balaban J connectivity index is 2.80. The molecule has 96 valence electrons. The predicted molar refractivity (Wildman–Crippen MR) is 64.0 cm³/mol. The molecule has 1 aromatic rings. The van der Waals surface area contributed by atoms with Crippen LogP contribution in [0.3, 0.4) is 0 Å². The van der Waals surface area contributed by atoms with Gasteiger partial charge in [0.2, 0.25) is 0 Å². The van der Waals surface area contributed by atoms with E-state index in [1.807, 2.05) is 5.43 Å². The number of halogens is 2. The molecule has 0 saturated carbocycles. The Morgan fingerprint density at radius 1 is 1.47 bits per heavy atom. The lowest BCUT2D eigenvalue weighted by Crippen LogP contribution is -2.22. The first-order valence-electron chi connectivity index (χ1n) is 4.84. The molecular formula is C9H14F2N4OS. The monoisotopic (exact) mass is 264 g/mol. The van der Waals surface area contributed by atoms with E-state index in [1.165, 1.54) is 0 Å². The number of nitrogen functional groups attached to an aromatic ring is 1. The molecule has 0 aliphatic carbocycles. The standard InChI is InChI=1S/C9H14F2N4OS/c1-5(17(2)16)4-13-8-6(10)3-7(11)9(14-8)15-12/h3,5H,4,12H2,1-2H3,(H2,13,14,15). The van der Waals surface area contributed by atoms with Crippen LogP contribution in [0, 0.1) is 11.6 Å². The Labute approximate surface area is 100 Å². The smallest absolute Gasteiger partial charge is 0.178 e. The largest absolute Gasteiger partial charge is 0.366 e. The van der Waals surface area contributed by atoms with Crippen LogP contribution in [-0.4, -0.2) is 27.2 Å². The summed E-state index contributed by atoms with van der Waals surface area (Å²) in [5.74, 6) is 2.95. The van der Waals surface area contributed by atoms with Gasteiger partial charge in [-0.1, -0.05) is 0 Å². The molecule has 0 aromatic carbocycles. The average molecular weight is 264 g/mol. The van der Waals surface area contributed by atoms with Crippen molar-refractivity contribution < 1.29 is 13.0 Å². The minimum Gasteiger partial charge on any atom is -0.366 e. The fourth-order valence-electron chi connectivity index (χ4n) is 1.05. The van der Waals surface area contributed by atoms with Gasteiger partial charge in [0.25, 0.3) is 0 Å². The molecule has 1 rings (SSSR count). The molecule has 8 heteroatoms. The van der Waals surface area contributed by atoms with Crippen LogP contribution < -0.4 is 16.6 Å². The topological polar surface area (TPSA) is 80.0 Å². The van der Waals surface area contributed by atoms with Gasteiger partial charge in [0.1, 0.15) is 0 Å². The number of anilines is 2. The Bertz CT molecular complexity index is 430. The van der Waals surface area contributed by atoms with Crippen LogP contribution in [-0.2, 0) is 10.8 Å².